The van der Waals surface area contributed by atoms with Crippen molar-refractivity contribution in [3.8, 4) is 0 Å². The van der Waals surface area contributed by atoms with E-state index in [2.05, 4.69) is 0 Å². The molecule has 0 aromatic rings. The maximum atomic E-state index is 14.6. The van der Waals surface area contributed by atoms with Crippen LogP contribution in [0.4, 0.5) is 0 Å². The van der Waals surface area contributed by atoms with E-state index < -0.39 is 22.5 Å². The van der Waals surface area contributed by atoms with E-state index in [-0.39, 0.29) is 48.6 Å². The Kier molecular flexibility index (Phi) is 10.9. The van der Waals surface area contributed by atoms with E-state index in [1.54, 1.807) is 6.92 Å². The van der Waals surface area contributed by atoms with Crippen LogP contribution in [0.15, 0.2) is 57.9 Å². The zero-order chi connectivity index (χ0) is 27.1. The molecule has 0 spiro atoms. The smallest absolute Gasteiger partial charge is 0.184 e. The molecule has 0 saturated carbocycles. The fourth-order valence-electron chi connectivity index (χ4n) is 4.34. The third-order valence-electron chi connectivity index (χ3n) is 6.96. The molecule has 4 heteroatoms. The van der Waals surface area contributed by atoms with Crippen LogP contribution in [0, 0.1) is 16.7 Å². The molecule has 1 unspecified atom stereocenters. The van der Waals surface area contributed by atoms with Crippen LogP contribution in [-0.4, -0.2) is 22.5 Å². The molecule has 0 aromatic heterocycles. The lowest BCUT2D eigenvalue weighted by Crippen LogP contribution is -2.55. The fraction of sp³-hybridized carbons (Fsp3) is 0.581. The highest BCUT2D eigenvalue weighted by atomic mass is 16.3. The Hall–Kier alpha value is -2.49. The number of carbonyl (C=O) groups excluding carboxylic acids is 3. The Morgan fingerprint density at radius 1 is 0.743 bits per heavy atom. The van der Waals surface area contributed by atoms with E-state index in [1.165, 1.54) is 0 Å². The molecule has 35 heavy (non-hydrogen) atoms. The molecule has 1 rings (SSSR count). The molecule has 194 valence electrons. The van der Waals surface area contributed by atoms with Gasteiger partial charge in [0.2, 0.25) is 0 Å². The summed E-state index contributed by atoms with van der Waals surface area (Å²) in [6, 6.07) is 0. The molecule has 1 N–H and O–H groups in total. The second kappa shape index (κ2) is 12.5. The van der Waals surface area contributed by atoms with Gasteiger partial charge in [-0.15, -0.1) is 0 Å². The fourth-order valence-corrected chi connectivity index (χ4v) is 4.34. The molecule has 0 heterocycles. The molecular weight excluding hydrogens is 436 g/mol. The van der Waals surface area contributed by atoms with Crippen molar-refractivity contribution in [1.82, 2.24) is 0 Å². The zero-order valence-corrected chi connectivity index (χ0v) is 23.6. The molecule has 1 atom stereocenters. The molecule has 4 nitrogen and oxygen atoms in total. The number of hydrogen-bond acceptors (Lipinski definition) is 4. The lowest BCUT2D eigenvalue weighted by molar-refractivity contribution is -0.148. The molecule has 0 fully saturated rings. The van der Waals surface area contributed by atoms with Crippen molar-refractivity contribution in [2.45, 2.75) is 101 Å². The van der Waals surface area contributed by atoms with Crippen molar-refractivity contribution >= 4 is 17.3 Å². The van der Waals surface area contributed by atoms with Crippen LogP contribution in [0.1, 0.15) is 101 Å². The summed E-state index contributed by atoms with van der Waals surface area (Å²) in [5.41, 5.74) is 1.02. The van der Waals surface area contributed by atoms with Crippen LogP contribution in [0.5, 0.6) is 0 Å². The van der Waals surface area contributed by atoms with Crippen molar-refractivity contribution in [1.29, 1.82) is 0 Å². The molecule has 0 saturated heterocycles. The summed E-state index contributed by atoms with van der Waals surface area (Å²) < 4.78 is 0. The second-order valence-electron chi connectivity index (χ2n) is 11.2. The quantitative estimate of drug-likeness (QED) is 0.184. The van der Waals surface area contributed by atoms with Crippen LogP contribution in [0.25, 0.3) is 0 Å². The number of rotatable bonds is 11. The first kappa shape index (κ1) is 30.5. The number of hydrogen-bond donors (Lipinski definition) is 1. The summed E-state index contributed by atoms with van der Waals surface area (Å²) in [6.07, 6.45) is 9.10. The minimum Gasteiger partial charge on any atom is -0.510 e. The monoisotopic (exact) mass is 482 g/mol. The molecule has 0 amide bonds. The number of ketones is 3. The van der Waals surface area contributed by atoms with Gasteiger partial charge < -0.3 is 5.11 Å². The van der Waals surface area contributed by atoms with E-state index in [4.69, 9.17) is 0 Å². The average Bonchev–Trinajstić information content (AvgIpc) is 2.77. The van der Waals surface area contributed by atoms with E-state index in [0.717, 1.165) is 22.3 Å². The third-order valence-corrected chi connectivity index (χ3v) is 6.96. The lowest BCUT2D eigenvalue weighted by Gasteiger charge is -2.45. The third kappa shape index (κ3) is 6.80. The highest BCUT2D eigenvalue weighted by Gasteiger charge is 2.61. The van der Waals surface area contributed by atoms with Gasteiger partial charge in [-0.25, -0.2) is 0 Å². The van der Waals surface area contributed by atoms with Crippen LogP contribution >= 0.6 is 0 Å². The average molecular weight is 483 g/mol. The molecule has 0 aromatic carbocycles. The standard InChI is InChI=1S/C31H46O4/c1-11-24(10)26(32)25-27(33)30(16-12-20(2)3,17-13-21(4)5)29(35)31(28(25)34,18-14-22(6)7)19-15-23(8)9/h12-15,24,33H,11,16-19H2,1-10H3. The molecule has 0 radical (unpaired) electrons. The van der Waals surface area contributed by atoms with E-state index in [1.807, 2.05) is 86.6 Å². The summed E-state index contributed by atoms with van der Waals surface area (Å²) in [6.45, 7) is 19.2. The van der Waals surface area contributed by atoms with Gasteiger partial charge in [0.05, 0.1) is 5.41 Å². The van der Waals surface area contributed by atoms with Crippen molar-refractivity contribution < 1.29 is 19.5 Å². The largest absolute Gasteiger partial charge is 0.510 e. The lowest BCUT2D eigenvalue weighted by atomic mass is 9.55. The molecule has 0 bridgehead atoms. The van der Waals surface area contributed by atoms with Gasteiger partial charge in [0.25, 0.3) is 0 Å². The topological polar surface area (TPSA) is 71.4 Å². The maximum absolute atomic E-state index is 14.6. The number of aliphatic hydroxyl groups is 1. The van der Waals surface area contributed by atoms with E-state index >= 15 is 0 Å². The van der Waals surface area contributed by atoms with Gasteiger partial charge in [-0.1, -0.05) is 60.4 Å². The maximum Gasteiger partial charge on any atom is 0.184 e. The summed E-state index contributed by atoms with van der Waals surface area (Å²) >= 11 is 0. The summed E-state index contributed by atoms with van der Waals surface area (Å²) in [7, 11) is 0. The number of carbonyl (C=O) groups is 3. The SMILES string of the molecule is CCC(C)C(=O)C1=C(O)C(CC=C(C)C)(CC=C(C)C)C(=O)C(CC=C(C)C)(CC=C(C)C)C1=O. The van der Waals surface area contributed by atoms with Crippen LogP contribution < -0.4 is 0 Å². The van der Waals surface area contributed by atoms with Gasteiger partial charge in [-0.2, -0.15) is 0 Å². The van der Waals surface area contributed by atoms with Gasteiger partial charge >= 0.3 is 0 Å². The van der Waals surface area contributed by atoms with Crippen molar-refractivity contribution in [3.63, 3.8) is 0 Å². The van der Waals surface area contributed by atoms with Crippen molar-refractivity contribution in [2.24, 2.45) is 16.7 Å². The highest BCUT2D eigenvalue weighted by Crippen LogP contribution is 2.52. The van der Waals surface area contributed by atoms with Gasteiger partial charge in [0.1, 0.15) is 16.7 Å². The van der Waals surface area contributed by atoms with Crippen LogP contribution in [0.2, 0.25) is 0 Å². The molecule has 0 aliphatic heterocycles. The zero-order valence-electron chi connectivity index (χ0n) is 23.6. The Bertz CT molecular complexity index is 941. The first-order chi connectivity index (χ1) is 16.2. The summed E-state index contributed by atoms with van der Waals surface area (Å²) in [5, 5.41) is 11.7. The first-order valence-electron chi connectivity index (χ1n) is 12.8. The number of aliphatic hydroxyl groups excluding tert-OH is 1. The minimum absolute atomic E-state index is 0.174. The Balaban J connectivity index is 4.19. The van der Waals surface area contributed by atoms with Gasteiger partial charge in [-0.05, 0) is 87.5 Å². The Morgan fingerprint density at radius 3 is 1.40 bits per heavy atom. The summed E-state index contributed by atoms with van der Waals surface area (Å²) in [5.74, 6) is -1.99. The second-order valence-corrected chi connectivity index (χ2v) is 11.2. The first-order valence-corrected chi connectivity index (χ1v) is 12.8. The van der Waals surface area contributed by atoms with Gasteiger partial charge in [-0.3, -0.25) is 14.4 Å². The molecule has 1 aliphatic rings. The molecular formula is C31H46O4. The number of Topliss-reactive ketones (excluding diaryl/α,β-unsaturated/α-hetero) is 3. The Labute approximate surface area is 213 Å². The van der Waals surface area contributed by atoms with E-state index in [9.17, 15) is 19.5 Å². The normalized spacial score (nSPS) is 17.4. The number of allylic oxidation sites excluding steroid dienone is 10. The van der Waals surface area contributed by atoms with Crippen LogP contribution in [-0.2, 0) is 14.4 Å². The molecule has 1 aliphatic carbocycles. The summed E-state index contributed by atoms with van der Waals surface area (Å²) in [4.78, 5) is 42.3. The predicted octanol–water partition coefficient (Wildman–Crippen LogP) is 7.96. The minimum atomic E-state index is -1.44. The predicted molar refractivity (Wildman–Crippen MR) is 145 cm³/mol. The van der Waals surface area contributed by atoms with Gasteiger partial charge in [0, 0.05) is 5.92 Å². The highest BCUT2D eigenvalue weighted by molar-refractivity contribution is 6.31. The van der Waals surface area contributed by atoms with Crippen molar-refractivity contribution in [3.05, 3.63) is 57.9 Å². The van der Waals surface area contributed by atoms with E-state index in [0.29, 0.717) is 6.42 Å². The van der Waals surface area contributed by atoms with Crippen LogP contribution in [0.3, 0.4) is 0 Å². The Morgan fingerprint density at radius 2 is 1.09 bits per heavy atom. The van der Waals surface area contributed by atoms with Crippen molar-refractivity contribution in [2.75, 3.05) is 0 Å². The van der Waals surface area contributed by atoms with Gasteiger partial charge in [0.15, 0.2) is 17.3 Å².